The molecule has 0 aliphatic carbocycles. The van der Waals surface area contributed by atoms with Gasteiger partial charge in [-0.25, -0.2) is 9.78 Å². The van der Waals surface area contributed by atoms with Crippen molar-refractivity contribution in [1.29, 1.82) is 0 Å². The Morgan fingerprint density at radius 3 is 2.57 bits per heavy atom. The van der Waals surface area contributed by atoms with Crippen LogP contribution in [0.3, 0.4) is 0 Å². The number of aromatic amines is 1. The normalized spacial score (nSPS) is 10.9. The summed E-state index contributed by atoms with van der Waals surface area (Å²) in [7, 11) is 0. The summed E-state index contributed by atoms with van der Waals surface area (Å²) in [5, 5.41) is 5.66. The first kappa shape index (κ1) is 24.7. The number of hydrogen-bond donors (Lipinski definition) is 2. The van der Waals surface area contributed by atoms with Gasteiger partial charge in [-0.1, -0.05) is 54.9 Å². The fourth-order valence-corrected chi connectivity index (χ4v) is 5.02. The minimum absolute atomic E-state index is 0.0749. The van der Waals surface area contributed by atoms with Crippen molar-refractivity contribution in [1.82, 2.24) is 9.97 Å². The Morgan fingerprint density at radius 2 is 1.86 bits per heavy atom. The second-order valence-electron chi connectivity index (χ2n) is 7.97. The number of carbonyl (C=O) groups is 2. The number of H-pyrrole nitrogens is 1. The SMILES string of the molecule is CCCCOC(=O)c1ccc(NC(=O)CSc2nc3scc(-c4ccc(C)cc4)c3c(=O)[nH]2)cc1. The molecule has 9 heteroatoms. The molecule has 2 aromatic carbocycles. The van der Waals surface area contributed by atoms with Crippen molar-refractivity contribution in [2.45, 2.75) is 31.8 Å². The number of ether oxygens (including phenoxy) is 1. The fourth-order valence-electron chi connectivity index (χ4n) is 3.36. The summed E-state index contributed by atoms with van der Waals surface area (Å²) in [6, 6.07) is 14.5. The van der Waals surface area contributed by atoms with Gasteiger partial charge in [0, 0.05) is 16.6 Å². The highest BCUT2D eigenvalue weighted by molar-refractivity contribution is 7.99. The standard InChI is InChI=1S/C26H25N3O4S2/c1-3-4-13-33-25(32)18-9-11-19(12-10-18)27-21(30)15-35-26-28-23(31)22-20(14-34-24(22)29-26)17-7-5-16(2)6-8-17/h5-12,14H,3-4,13,15H2,1-2H3,(H,27,30)(H,28,29,31). The van der Waals surface area contributed by atoms with E-state index in [0.29, 0.717) is 33.2 Å². The maximum Gasteiger partial charge on any atom is 0.338 e. The Hall–Kier alpha value is -3.43. The van der Waals surface area contributed by atoms with Crippen molar-refractivity contribution in [3.05, 3.63) is 75.4 Å². The number of anilines is 1. The summed E-state index contributed by atoms with van der Waals surface area (Å²) < 4.78 is 5.18. The summed E-state index contributed by atoms with van der Waals surface area (Å²) in [6.45, 7) is 4.44. The van der Waals surface area contributed by atoms with Crippen LogP contribution >= 0.6 is 23.1 Å². The second-order valence-corrected chi connectivity index (χ2v) is 9.79. The van der Waals surface area contributed by atoms with E-state index in [-0.39, 0.29) is 23.2 Å². The molecule has 180 valence electrons. The molecule has 0 saturated heterocycles. The van der Waals surface area contributed by atoms with E-state index in [1.54, 1.807) is 24.3 Å². The molecule has 2 aromatic heterocycles. The van der Waals surface area contributed by atoms with Crippen LogP contribution in [0.15, 0.2) is 63.9 Å². The van der Waals surface area contributed by atoms with Gasteiger partial charge in [0.1, 0.15) is 4.83 Å². The maximum atomic E-state index is 12.8. The lowest BCUT2D eigenvalue weighted by atomic mass is 10.1. The highest BCUT2D eigenvalue weighted by Crippen LogP contribution is 2.31. The van der Waals surface area contributed by atoms with Crippen LogP contribution in [0.25, 0.3) is 21.3 Å². The van der Waals surface area contributed by atoms with E-state index in [1.807, 2.05) is 43.5 Å². The molecule has 2 heterocycles. The van der Waals surface area contributed by atoms with Crippen LogP contribution in [-0.4, -0.2) is 34.2 Å². The molecule has 0 aliphatic rings. The quantitative estimate of drug-likeness (QED) is 0.131. The van der Waals surface area contributed by atoms with Crippen LogP contribution < -0.4 is 10.9 Å². The number of benzene rings is 2. The van der Waals surface area contributed by atoms with E-state index in [4.69, 9.17) is 4.74 Å². The highest BCUT2D eigenvalue weighted by Gasteiger charge is 2.14. The highest BCUT2D eigenvalue weighted by atomic mass is 32.2. The Labute approximate surface area is 210 Å². The number of unbranched alkanes of at least 4 members (excludes halogenated alkanes) is 1. The number of aromatic nitrogens is 2. The summed E-state index contributed by atoms with van der Waals surface area (Å²) >= 11 is 2.56. The average molecular weight is 508 g/mol. The molecule has 2 N–H and O–H groups in total. The molecular formula is C26H25N3O4S2. The van der Waals surface area contributed by atoms with E-state index in [1.165, 1.54) is 11.3 Å². The number of aryl methyl sites for hydroxylation is 1. The lowest BCUT2D eigenvalue weighted by Crippen LogP contribution is -2.15. The molecule has 7 nitrogen and oxygen atoms in total. The lowest BCUT2D eigenvalue weighted by Gasteiger charge is -2.07. The molecule has 0 bridgehead atoms. The maximum absolute atomic E-state index is 12.8. The summed E-state index contributed by atoms with van der Waals surface area (Å²) in [5.41, 5.74) is 3.75. The number of thioether (sulfide) groups is 1. The van der Waals surface area contributed by atoms with Crippen LogP contribution in [0, 0.1) is 6.92 Å². The monoisotopic (exact) mass is 507 g/mol. The van der Waals surface area contributed by atoms with Crippen LogP contribution in [0.5, 0.6) is 0 Å². The fraction of sp³-hybridized carbons (Fsp3) is 0.231. The third-order valence-electron chi connectivity index (χ3n) is 5.26. The molecule has 0 atom stereocenters. The van der Waals surface area contributed by atoms with Gasteiger partial charge in [-0.3, -0.25) is 9.59 Å². The number of carbonyl (C=O) groups excluding carboxylic acids is 2. The zero-order valence-corrected chi connectivity index (χ0v) is 21.1. The summed E-state index contributed by atoms with van der Waals surface area (Å²) in [6.07, 6.45) is 1.78. The van der Waals surface area contributed by atoms with Crippen molar-refractivity contribution in [2.75, 3.05) is 17.7 Å². The van der Waals surface area contributed by atoms with Gasteiger partial charge in [-0.2, -0.15) is 0 Å². The Morgan fingerprint density at radius 1 is 1.11 bits per heavy atom. The van der Waals surface area contributed by atoms with Crippen LogP contribution in [0.2, 0.25) is 0 Å². The van der Waals surface area contributed by atoms with Crippen molar-refractivity contribution < 1.29 is 14.3 Å². The van der Waals surface area contributed by atoms with Gasteiger partial charge in [0.25, 0.3) is 5.56 Å². The molecular weight excluding hydrogens is 482 g/mol. The number of rotatable bonds is 9. The van der Waals surface area contributed by atoms with Crippen LogP contribution in [-0.2, 0) is 9.53 Å². The average Bonchev–Trinajstić information content (AvgIpc) is 3.28. The number of amides is 1. The molecule has 4 rings (SSSR count). The van der Waals surface area contributed by atoms with Gasteiger partial charge in [-0.05, 0) is 43.2 Å². The van der Waals surface area contributed by atoms with Gasteiger partial charge in [0.2, 0.25) is 5.91 Å². The topological polar surface area (TPSA) is 101 Å². The van der Waals surface area contributed by atoms with Crippen molar-refractivity contribution in [3.8, 4) is 11.1 Å². The predicted octanol–water partition coefficient (Wildman–Crippen LogP) is 5.65. The van der Waals surface area contributed by atoms with Crippen molar-refractivity contribution in [2.24, 2.45) is 0 Å². The molecule has 0 radical (unpaired) electrons. The molecule has 0 saturated carbocycles. The molecule has 4 aromatic rings. The lowest BCUT2D eigenvalue weighted by molar-refractivity contribution is -0.113. The van der Waals surface area contributed by atoms with Gasteiger partial charge in [0.15, 0.2) is 5.16 Å². The first-order chi connectivity index (χ1) is 16.9. The number of thiophene rings is 1. The van der Waals surface area contributed by atoms with Gasteiger partial charge in [-0.15, -0.1) is 11.3 Å². The first-order valence-electron chi connectivity index (χ1n) is 11.2. The molecule has 0 spiro atoms. The van der Waals surface area contributed by atoms with E-state index in [9.17, 15) is 14.4 Å². The van der Waals surface area contributed by atoms with Gasteiger partial charge >= 0.3 is 5.97 Å². The van der Waals surface area contributed by atoms with E-state index < -0.39 is 0 Å². The predicted molar refractivity (Wildman–Crippen MR) is 141 cm³/mol. The van der Waals surface area contributed by atoms with Crippen molar-refractivity contribution >= 4 is 50.9 Å². The third-order valence-corrected chi connectivity index (χ3v) is 7.01. The van der Waals surface area contributed by atoms with E-state index in [0.717, 1.165) is 41.3 Å². The second kappa shape index (κ2) is 11.3. The van der Waals surface area contributed by atoms with E-state index in [2.05, 4.69) is 15.3 Å². The zero-order valence-electron chi connectivity index (χ0n) is 19.4. The molecule has 35 heavy (non-hydrogen) atoms. The number of nitrogens with one attached hydrogen (secondary N) is 2. The minimum Gasteiger partial charge on any atom is -0.462 e. The Balaban J connectivity index is 1.37. The van der Waals surface area contributed by atoms with Crippen LogP contribution in [0.1, 0.15) is 35.7 Å². The summed E-state index contributed by atoms with van der Waals surface area (Å²) in [4.78, 5) is 45.1. The summed E-state index contributed by atoms with van der Waals surface area (Å²) in [5.74, 6) is -0.551. The third kappa shape index (κ3) is 6.17. The molecule has 0 unspecified atom stereocenters. The first-order valence-corrected chi connectivity index (χ1v) is 13.1. The molecule has 0 aliphatic heterocycles. The number of nitrogens with zero attached hydrogens (tertiary/aromatic N) is 1. The molecule has 1 amide bonds. The van der Waals surface area contributed by atoms with Crippen molar-refractivity contribution in [3.63, 3.8) is 0 Å². The minimum atomic E-state index is -0.378. The Bertz CT molecular complexity index is 1390. The largest absolute Gasteiger partial charge is 0.462 e. The number of fused-ring (bicyclic) bond motifs is 1. The molecule has 0 fully saturated rings. The zero-order chi connectivity index (χ0) is 24.8. The van der Waals surface area contributed by atoms with Crippen LogP contribution in [0.4, 0.5) is 5.69 Å². The number of hydrogen-bond acceptors (Lipinski definition) is 7. The Kier molecular flexibility index (Phi) is 7.99. The number of esters is 1. The van der Waals surface area contributed by atoms with Gasteiger partial charge < -0.3 is 15.0 Å². The smallest absolute Gasteiger partial charge is 0.338 e. The van der Waals surface area contributed by atoms with Gasteiger partial charge in [0.05, 0.1) is 23.3 Å². The van der Waals surface area contributed by atoms with E-state index >= 15 is 0 Å².